The molecule has 190 valence electrons. The minimum Gasteiger partial charge on any atom is -0.426 e. The summed E-state index contributed by atoms with van der Waals surface area (Å²) in [7, 11) is 0. The molecular weight excluding hydrogens is 440 g/mol. The van der Waals surface area contributed by atoms with Crippen molar-refractivity contribution >= 4 is 5.97 Å². The van der Waals surface area contributed by atoms with E-state index in [2.05, 4.69) is 89.2 Å². The van der Waals surface area contributed by atoms with Gasteiger partial charge in [0.05, 0.1) is 5.92 Å². The van der Waals surface area contributed by atoms with Crippen molar-refractivity contribution in [1.82, 2.24) is 0 Å². The van der Waals surface area contributed by atoms with Crippen LogP contribution in [-0.4, -0.2) is 5.97 Å². The van der Waals surface area contributed by atoms with Crippen LogP contribution in [0.25, 0.3) is 0 Å². The van der Waals surface area contributed by atoms with E-state index >= 15 is 0 Å². The van der Waals surface area contributed by atoms with Crippen LogP contribution >= 0.6 is 0 Å². The summed E-state index contributed by atoms with van der Waals surface area (Å²) >= 11 is 0. The van der Waals surface area contributed by atoms with Gasteiger partial charge >= 0.3 is 5.97 Å². The van der Waals surface area contributed by atoms with Gasteiger partial charge in [-0.05, 0) is 76.5 Å². The lowest BCUT2D eigenvalue weighted by Gasteiger charge is -2.42. The van der Waals surface area contributed by atoms with E-state index in [0.29, 0.717) is 5.75 Å². The highest BCUT2D eigenvalue weighted by atomic mass is 16.5. The molecule has 36 heavy (non-hydrogen) atoms. The number of fused-ring (bicyclic) bond motifs is 1. The van der Waals surface area contributed by atoms with Gasteiger partial charge in [-0.15, -0.1) is 0 Å². The molecule has 1 aliphatic rings. The largest absolute Gasteiger partial charge is 0.426 e. The lowest BCUT2D eigenvalue weighted by molar-refractivity contribution is -0.136. The van der Waals surface area contributed by atoms with Crippen molar-refractivity contribution in [3.8, 4) is 5.75 Å². The van der Waals surface area contributed by atoms with E-state index < -0.39 is 0 Å². The summed E-state index contributed by atoms with van der Waals surface area (Å²) in [4.78, 5) is 13.5. The Kier molecular flexibility index (Phi) is 8.03. The third kappa shape index (κ3) is 6.09. The topological polar surface area (TPSA) is 26.3 Å². The molecule has 0 spiro atoms. The van der Waals surface area contributed by atoms with Crippen LogP contribution in [0.15, 0.2) is 72.8 Å². The van der Waals surface area contributed by atoms with Gasteiger partial charge in [0, 0.05) is 0 Å². The SMILES string of the molecule is CCCCCC(C(=O)Oc1ccc(Cc2ccccc2)cc1)c1ccc2c(c1)C(C)(C)CCC2(C)C. The van der Waals surface area contributed by atoms with Crippen molar-refractivity contribution in [2.45, 2.75) is 96.3 Å². The van der Waals surface area contributed by atoms with E-state index in [1.54, 1.807) is 0 Å². The van der Waals surface area contributed by atoms with Gasteiger partial charge in [-0.3, -0.25) is 4.79 Å². The Morgan fingerprint density at radius 3 is 2.11 bits per heavy atom. The van der Waals surface area contributed by atoms with Crippen molar-refractivity contribution in [2.75, 3.05) is 0 Å². The Labute approximate surface area is 218 Å². The molecule has 3 aromatic rings. The van der Waals surface area contributed by atoms with Crippen LogP contribution < -0.4 is 4.74 Å². The first-order chi connectivity index (χ1) is 17.2. The molecule has 2 heteroatoms. The lowest BCUT2D eigenvalue weighted by Crippen LogP contribution is -2.34. The zero-order valence-corrected chi connectivity index (χ0v) is 22.8. The number of esters is 1. The van der Waals surface area contributed by atoms with E-state index in [9.17, 15) is 4.79 Å². The van der Waals surface area contributed by atoms with Gasteiger partial charge in [0.15, 0.2) is 0 Å². The molecule has 0 saturated carbocycles. The fourth-order valence-electron chi connectivity index (χ4n) is 5.54. The Hall–Kier alpha value is -2.87. The molecule has 0 saturated heterocycles. The smallest absolute Gasteiger partial charge is 0.318 e. The summed E-state index contributed by atoms with van der Waals surface area (Å²) in [5.41, 5.74) is 6.70. The molecule has 0 aliphatic heterocycles. The summed E-state index contributed by atoms with van der Waals surface area (Å²) < 4.78 is 5.96. The van der Waals surface area contributed by atoms with Gasteiger partial charge in [0.25, 0.3) is 0 Å². The second kappa shape index (κ2) is 11.0. The summed E-state index contributed by atoms with van der Waals surface area (Å²) in [5, 5.41) is 0. The number of carbonyl (C=O) groups is 1. The Balaban J connectivity index is 1.55. The molecule has 0 radical (unpaired) electrons. The van der Waals surface area contributed by atoms with Crippen molar-refractivity contribution in [2.24, 2.45) is 0 Å². The molecule has 0 N–H and O–H groups in total. The summed E-state index contributed by atoms with van der Waals surface area (Å²) in [6, 6.07) is 25.2. The molecule has 1 unspecified atom stereocenters. The van der Waals surface area contributed by atoms with E-state index in [4.69, 9.17) is 4.74 Å². The standard InChI is InChI=1S/C34H42O2/c1-6-7-9-14-29(27-17-20-30-31(24-27)34(4,5)22-21-33(30,2)3)32(35)36-28-18-15-26(16-19-28)23-25-12-10-8-11-13-25/h8,10-13,15-20,24,29H,6-7,9,14,21-23H2,1-5H3. The molecule has 0 amide bonds. The summed E-state index contributed by atoms with van der Waals surface area (Å²) in [6.45, 7) is 11.6. The van der Waals surface area contributed by atoms with E-state index in [1.807, 2.05) is 18.2 Å². The molecule has 0 aromatic heterocycles. The van der Waals surface area contributed by atoms with Crippen LogP contribution in [0.2, 0.25) is 0 Å². The molecule has 2 nitrogen and oxygen atoms in total. The maximum absolute atomic E-state index is 13.5. The Bertz CT molecular complexity index is 1160. The van der Waals surface area contributed by atoms with Crippen LogP contribution in [0.5, 0.6) is 5.75 Å². The van der Waals surface area contributed by atoms with Crippen LogP contribution in [0.1, 0.15) is 107 Å². The molecule has 0 heterocycles. The van der Waals surface area contributed by atoms with Gasteiger partial charge < -0.3 is 4.74 Å². The van der Waals surface area contributed by atoms with Crippen LogP contribution in [0, 0.1) is 0 Å². The van der Waals surface area contributed by atoms with Crippen molar-refractivity contribution in [1.29, 1.82) is 0 Å². The molecule has 0 bridgehead atoms. The predicted molar refractivity (Wildman–Crippen MR) is 150 cm³/mol. The van der Waals surface area contributed by atoms with E-state index in [0.717, 1.165) is 44.1 Å². The number of ether oxygens (including phenoxy) is 1. The quantitative estimate of drug-likeness (QED) is 0.173. The molecular formula is C34H42O2. The Morgan fingerprint density at radius 2 is 1.44 bits per heavy atom. The lowest BCUT2D eigenvalue weighted by atomic mass is 9.62. The van der Waals surface area contributed by atoms with Gasteiger partial charge in [-0.2, -0.15) is 0 Å². The summed E-state index contributed by atoms with van der Waals surface area (Å²) in [6.07, 6.45) is 7.33. The normalized spacial score (nSPS) is 16.7. The average molecular weight is 483 g/mol. The molecule has 1 aliphatic carbocycles. The third-order valence-electron chi connectivity index (χ3n) is 8.05. The van der Waals surface area contributed by atoms with Crippen LogP contribution in [-0.2, 0) is 22.0 Å². The van der Waals surface area contributed by atoms with Crippen molar-refractivity contribution in [3.05, 3.63) is 101 Å². The van der Waals surface area contributed by atoms with Gasteiger partial charge in [0.2, 0.25) is 0 Å². The zero-order valence-electron chi connectivity index (χ0n) is 22.8. The number of hydrogen-bond acceptors (Lipinski definition) is 2. The molecule has 1 atom stereocenters. The van der Waals surface area contributed by atoms with Crippen LogP contribution in [0.3, 0.4) is 0 Å². The van der Waals surface area contributed by atoms with Crippen molar-refractivity contribution < 1.29 is 9.53 Å². The number of carbonyl (C=O) groups excluding carboxylic acids is 1. The van der Waals surface area contributed by atoms with Gasteiger partial charge in [-0.25, -0.2) is 0 Å². The van der Waals surface area contributed by atoms with Gasteiger partial charge in [0.1, 0.15) is 5.75 Å². The monoisotopic (exact) mass is 482 g/mol. The zero-order chi connectivity index (χ0) is 25.8. The Morgan fingerprint density at radius 1 is 0.806 bits per heavy atom. The third-order valence-corrected chi connectivity index (χ3v) is 8.05. The fraction of sp³-hybridized carbons (Fsp3) is 0.441. The first-order valence-electron chi connectivity index (χ1n) is 13.7. The second-order valence-electron chi connectivity index (χ2n) is 11.8. The molecule has 4 rings (SSSR count). The average Bonchev–Trinajstić information content (AvgIpc) is 2.86. The highest BCUT2D eigenvalue weighted by Crippen LogP contribution is 2.46. The number of unbranched alkanes of at least 4 members (excludes halogenated alkanes) is 2. The highest BCUT2D eigenvalue weighted by molar-refractivity contribution is 5.80. The minimum absolute atomic E-state index is 0.118. The first-order valence-corrected chi connectivity index (χ1v) is 13.7. The molecule has 3 aromatic carbocycles. The first kappa shape index (κ1) is 26.2. The highest BCUT2D eigenvalue weighted by Gasteiger charge is 2.37. The second-order valence-corrected chi connectivity index (χ2v) is 11.8. The van der Waals surface area contributed by atoms with E-state index in [-0.39, 0.29) is 22.7 Å². The van der Waals surface area contributed by atoms with Crippen LogP contribution in [0.4, 0.5) is 0 Å². The maximum Gasteiger partial charge on any atom is 0.318 e. The molecule has 0 fully saturated rings. The number of hydrogen-bond donors (Lipinski definition) is 0. The maximum atomic E-state index is 13.5. The predicted octanol–water partition coefficient (Wildman–Crippen LogP) is 8.90. The van der Waals surface area contributed by atoms with Crippen molar-refractivity contribution in [3.63, 3.8) is 0 Å². The number of benzene rings is 3. The fourth-order valence-corrected chi connectivity index (χ4v) is 5.54. The number of rotatable bonds is 9. The van der Waals surface area contributed by atoms with Gasteiger partial charge in [-0.1, -0.05) is 115 Å². The minimum atomic E-state index is -0.244. The summed E-state index contributed by atoms with van der Waals surface area (Å²) in [5.74, 6) is 0.234. The van der Waals surface area contributed by atoms with E-state index in [1.165, 1.54) is 28.7 Å².